The molecular weight excluding hydrogens is 240 g/mol. The summed E-state index contributed by atoms with van der Waals surface area (Å²) < 4.78 is 0. The topological polar surface area (TPSA) is 0 Å². The molecule has 0 unspecified atom stereocenters. The summed E-state index contributed by atoms with van der Waals surface area (Å²) in [5.74, 6) is 0. The quantitative estimate of drug-likeness (QED) is 0.435. The fourth-order valence-corrected chi connectivity index (χ4v) is 2.49. The molecule has 0 heteroatoms. The normalized spacial score (nSPS) is 9.45. The van der Waals surface area contributed by atoms with Crippen molar-refractivity contribution in [2.24, 2.45) is 0 Å². The Labute approximate surface area is 123 Å². The third-order valence-corrected chi connectivity index (χ3v) is 3.24. The van der Waals surface area contributed by atoms with Gasteiger partial charge in [-0.1, -0.05) is 83.1 Å². The first kappa shape index (κ1) is 16.2. The zero-order valence-corrected chi connectivity index (χ0v) is 13.4. The van der Waals surface area contributed by atoms with Crippen molar-refractivity contribution in [3.8, 4) is 0 Å². The molecule has 0 aliphatic carbocycles. The van der Waals surface area contributed by atoms with Crippen molar-refractivity contribution in [2.45, 2.75) is 41.0 Å². The van der Waals surface area contributed by atoms with Crippen molar-refractivity contribution >= 4 is 21.5 Å². The summed E-state index contributed by atoms with van der Waals surface area (Å²) in [7, 11) is 0. The highest BCUT2D eigenvalue weighted by Crippen LogP contribution is 2.28. The summed E-state index contributed by atoms with van der Waals surface area (Å²) >= 11 is 0. The smallest absolute Gasteiger partial charge is 0.0146 e. The third-order valence-electron chi connectivity index (χ3n) is 3.24. The van der Waals surface area contributed by atoms with Crippen molar-refractivity contribution in [1.29, 1.82) is 0 Å². The molecule has 0 amide bonds. The monoisotopic (exact) mass is 266 g/mol. The third kappa shape index (κ3) is 3.19. The van der Waals surface area contributed by atoms with Gasteiger partial charge in [0, 0.05) is 0 Å². The molecule has 0 aliphatic rings. The first-order valence-corrected chi connectivity index (χ1v) is 7.79. The van der Waals surface area contributed by atoms with Crippen LogP contribution in [0.1, 0.15) is 40.2 Å². The molecule has 0 nitrogen and oxygen atoms in total. The number of benzene rings is 3. The van der Waals surface area contributed by atoms with E-state index in [4.69, 9.17) is 0 Å². The van der Waals surface area contributed by atoms with Gasteiger partial charge in [-0.15, -0.1) is 0 Å². The fraction of sp³-hybridized carbons (Fsp3) is 0.300. The van der Waals surface area contributed by atoms with E-state index in [1.807, 2.05) is 27.7 Å². The van der Waals surface area contributed by atoms with Gasteiger partial charge in [0.1, 0.15) is 0 Å². The Bertz CT molecular complexity index is 596. The largest absolute Gasteiger partial charge is 0.0683 e. The Morgan fingerprint density at radius 1 is 0.650 bits per heavy atom. The van der Waals surface area contributed by atoms with Gasteiger partial charge in [0.25, 0.3) is 0 Å². The molecule has 0 bridgehead atoms. The molecule has 0 atom stereocenters. The number of aryl methyl sites for hydroxylation is 1. The van der Waals surface area contributed by atoms with Gasteiger partial charge >= 0.3 is 0 Å². The van der Waals surface area contributed by atoms with Crippen LogP contribution in [0.25, 0.3) is 21.5 Å². The molecule has 0 fully saturated rings. The maximum absolute atomic E-state index is 2.28. The van der Waals surface area contributed by atoms with Crippen LogP contribution in [0, 0.1) is 0 Å². The lowest BCUT2D eigenvalue weighted by Crippen LogP contribution is -1.86. The van der Waals surface area contributed by atoms with Crippen molar-refractivity contribution in [1.82, 2.24) is 0 Å². The summed E-state index contributed by atoms with van der Waals surface area (Å²) in [5.41, 5.74) is 1.47. The predicted molar refractivity (Wildman–Crippen MR) is 93.5 cm³/mol. The van der Waals surface area contributed by atoms with Gasteiger partial charge in [-0.3, -0.25) is 0 Å². The number of hydrogen-bond donors (Lipinski definition) is 0. The van der Waals surface area contributed by atoms with Crippen LogP contribution in [0.4, 0.5) is 0 Å². The zero-order chi connectivity index (χ0) is 15.0. The van der Waals surface area contributed by atoms with E-state index in [0.29, 0.717) is 0 Å². The Morgan fingerprint density at radius 2 is 1.05 bits per heavy atom. The molecule has 0 heterocycles. The molecule has 0 aliphatic heterocycles. The minimum atomic E-state index is 1.09. The molecular formula is C20H26. The van der Waals surface area contributed by atoms with Gasteiger partial charge in [0.05, 0.1) is 0 Å². The highest BCUT2D eigenvalue weighted by molar-refractivity contribution is 6.02. The predicted octanol–water partition coefficient (Wildman–Crippen LogP) is 6.61. The van der Waals surface area contributed by atoms with Gasteiger partial charge in [-0.05, 0) is 39.6 Å². The van der Waals surface area contributed by atoms with Crippen molar-refractivity contribution in [3.05, 3.63) is 60.2 Å². The van der Waals surface area contributed by atoms with Gasteiger partial charge < -0.3 is 0 Å². The molecule has 0 aromatic heterocycles. The van der Waals surface area contributed by atoms with E-state index in [2.05, 4.69) is 61.5 Å². The second kappa shape index (κ2) is 8.37. The minimum absolute atomic E-state index is 1.09. The highest BCUT2D eigenvalue weighted by atomic mass is 14.1. The molecule has 3 aromatic carbocycles. The van der Waals surface area contributed by atoms with Gasteiger partial charge in [0.2, 0.25) is 0 Å². The van der Waals surface area contributed by atoms with Crippen LogP contribution in [0.2, 0.25) is 0 Å². The lowest BCUT2D eigenvalue weighted by atomic mass is 9.95. The molecule has 0 spiro atoms. The molecule has 0 saturated carbocycles. The standard InChI is InChI=1S/C16H14.2C2H6/c1-2-14-15-9-5-3-7-12(15)11-13-8-4-6-10-16(13)14;2*1-2/h3-11H,2H2,1H3;2*1-2H3. The average molecular weight is 266 g/mol. The Balaban J connectivity index is 0.000000461. The summed E-state index contributed by atoms with van der Waals surface area (Å²) in [6, 6.07) is 19.6. The van der Waals surface area contributed by atoms with E-state index >= 15 is 0 Å². The van der Waals surface area contributed by atoms with Crippen LogP contribution in [0.5, 0.6) is 0 Å². The highest BCUT2D eigenvalue weighted by Gasteiger charge is 2.04. The van der Waals surface area contributed by atoms with E-state index in [9.17, 15) is 0 Å². The van der Waals surface area contributed by atoms with Crippen molar-refractivity contribution in [3.63, 3.8) is 0 Å². The first-order valence-electron chi connectivity index (χ1n) is 7.79. The molecule has 0 saturated heterocycles. The van der Waals surface area contributed by atoms with E-state index in [0.717, 1.165) is 6.42 Å². The number of rotatable bonds is 1. The van der Waals surface area contributed by atoms with Gasteiger partial charge in [0.15, 0.2) is 0 Å². The van der Waals surface area contributed by atoms with Crippen LogP contribution in [0.15, 0.2) is 54.6 Å². The van der Waals surface area contributed by atoms with E-state index in [1.54, 1.807) is 0 Å². The van der Waals surface area contributed by atoms with E-state index < -0.39 is 0 Å². The maximum atomic E-state index is 2.28. The lowest BCUT2D eigenvalue weighted by Gasteiger charge is -2.09. The average Bonchev–Trinajstić information content (AvgIpc) is 2.56. The second-order valence-corrected chi connectivity index (χ2v) is 4.15. The summed E-state index contributed by atoms with van der Waals surface area (Å²) in [4.78, 5) is 0. The Morgan fingerprint density at radius 3 is 1.45 bits per heavy atom. The summed E-state index contributed by atoms with van der Waals surface area (Å²) in [5, 5.41) is 5.48. The fourth-order valence-electron chi connectivity index (χ4n) is 2.49. The molecule has 0 radical (unpaired) electrons. The van der Waals surface area contributed by atoms with Gasteiger partial charge in [-0.2, -0.15) is 0 Å². The van der Waals surface area contributed by atoms with E-state index in [1.165, 1.54) is 27.1 Å². The number of fused-ring (bicyclic) bond motifs is 2. The number of hydrogen-bond acceptors (Lipinski definition) is 0. The maximum Gasteiger partial charge on any atom is -0.0146 e. The van der Waals surface area contributed by atoms with Crippen LogP contribution in [-0.4, -0.2) is 0 Å². The van der Waals surface area contributed by atoms with Crippen molar-refractivity contribution in [2.75, 3.05) is 0 Å². The molecule has 20 heavy (non-hydrogen) atoms. The van der Waals surface area contributed by atoms with Crippen LogP contribution >= 0.6 is 0 Å². The first-order chi connectivity index (χ1) is 9.90. The molecule has 3 aromatic rings. The van der Waals surface area contributed by atoms with Crippen LogP contribution in [-0.2, 0) is 6.42 Å². The lowest BCUT2D eigenvalue weighted by molar-refractivity contribution is 1.18. The Hall–Kier alpha value is -1.82. The summed E-state index contributed by atoms with van der Waals surface area (Å²) in [6.45, 7) is 10.2. The van der Waals surface area contributed by atoms with E-state index in [-0.39, 0.29) is 0 Å². The van der Waals surface area contributed by atoms with Crippen molar-refractivity contribution < 1.29 is 0 Å². The molecule has 0 N–H and O–H groups in total. The van der Waals surface area contributed by atoms with Crippen LogP contribution in [0.3, 0.4) is 0 Å². The zero-order valence-electron chi connectivity index (χ0n) is 13.4. The molecule has 106 valence electrons. The molecule has 3 rings (SSSR count). The minimum Gasteiger partial charge on any atom is -0.0683 e. The SMILES string of the molecule is CC.CC.CCc1c2ccccc2cc2ccccc12. The van der Waals surface area contributed by atoms with Gasteiger partial charge in [-0.25, -0.2) is 0 Å². The van der Waals surface area contributed by atoms with Crippen LogP contribution < -0.4 is 0 Å². The Kier molecular flexibility index (Phi) is 6.79. The second-order valence-electron chi connectivity index (χ2n) is 4.15. The summed E-state index contributed by atoms with van der Waals surface area (Å²) in [6.07, 6.45) is 1.09.